The number of rotatable bonds is 3. The average molecular weight is 550 g/mol. The van der Waals surface area contributed by atoms with Gasteiger partial charge in [0, 0.05) is 47.8 Å². The Morgan fingerprint density at radius 2 is 1.35 bits per heavy atom. The number of anilines is 2. The van der Waals surface area contributed by atoms with Gasteiger partial charge in [-0.2, -0.15) is 0 Å². The molecule has 5 aromatic rings. The van der Waals surface area contributed by atoms with Gasteiger partial charge in [-0.25, -0.2) is 4.98 Å². The first-order valence-electron chi connectivity index (χ1n) is 13.1. The fourth-order valence-corrected chi connectivity index (χ4v) is 6.41. The Bertz CT molecular complexity index is 1870. The molecule has 0 spiro atoms. The first kappa shape index (κ1) is 24.4. The molecule has 1 unspecified atom stereocenters. The van der Waals surface area contributed by atoms with Crippen molar-refractivity contribution >= 4 is 56.3 Å². The lowest BCUT2D eigenvalue weighted by atomic mass is 9.95. The van der Waals surface area contributed by atoms with E-state index in [0.29, 0.717) is 42.2 Å². The third kappa shape index (κ3) is 3.62. The highest BCUT2D eigenvalue weighted by molar-refractivity contribution is 6.19. The Kier molecular flexibility index (Phi) is 5.64. The third-order valence-corrected chi connectivity index (χ3v) is 8.37. The highest BCUT2D eigenvalue weighted by Gasteiger charge is 2.36. The van der Waals surface area contributed by atoms with Gasteiger partial charge in [0.2, 0.25) is 0 Å². The second-order valence-corrected chi connectivity index (χ2v) is 10.5. The van der Waals surface area contributed by atoms with Crippen LogP contribution in [-0.2, 0) is 6.42 Å². The van der Waals surface area contributed by atoms with Crippen LogP contribution in [0, 0.1) is 0 Å². The minimum Gasteiger partial charge on any atom is -0.507 e. The van der Waals surface area contributed by atoms with E-state index >= 15 is 0 Å². The van der Waals surface area contributed by atoms with Crippen molar-refractivity contribution < 1.29 is 19.8 Å². The molecule has 0 fully saturated rings. The summed E-state index contributed by atoms with van der Waals surface area (Å²) in [5.74, 6) is -0.311. The van der Waals surface area contributed by atoms with Crippen LogP contribution in [0.4, 0.5) is 11.4 Å². The number of hydrogen-bond donors (Lipinski definition) is 2. The predicted molar refractivity (Wildman–Crippen MR) is 156 cm³/mol. The number of nitrogens with zero attached hydrogens (tertiary/aromatic N) is 3. The predicted octanol–water partition coefficient (Wildman–Crippen LogP) is 5.98. The summed E-state index contributed by atoms with van der Waals surface area (Å²) in [5, 5.41) is 24.6. The van der Waals surface area contributed by atoms with Gasteiger partial charge in [-0.1, -0.05) is 54.6 Å². The first-order chi connectivity index (χ1) is 19.5. The van der Waals surface area contributed by atoms with Gasteiger partial charge in [-0.3, -0.25) is 9.59 Å². The zero-order valence-electron chi connectivity index (χ0n) is 21.3. The summed E-state index contributed by atoms with van der Waals surface area (Å²) in [6.07, 6.45) is 0.655. The van der Waals surface area contributed by atoms with Gasteiger partial charge >= 0.3 is 0 Å². The summed E-state index contributed by atoms with van der Waals surface area (Å²) in [6, 6.07) is 23.2. The number of alkyl halides is 1. The second-order valence-electron chi connectivity index (χ2n) is 10.2. The van der Waals surface area contributed by atoms with Crippen LogP contribution < -0.4 is 9.80 Å². The van der Waals surface area contributed by atoms with E-state index in [0.717, 1.165) is 27.3 Å². The minimum atomic E-state index is -0.372. The molecular weight excluding hydrogens is 526 g/mol. The van der Waals surface area contributed by atoms with E-state index in [2.05, 4.69) is 4.98 Å². The van der Waals surface area contributed by atoms with Crippen LogP contribution in [0.3, 0.4) is 0 Å². The van der Waals surface area contributed by atoms with E-state index in [1.165, 1.54) is 0 Å². The number of aromatic nitrogens is 1. The molecule has 2 aliphatic heterocycles. The number of halogens is 1. The Hall–Kier alpha value is -4.62. The smallest absolute Gasteiger partial charge is 0.276 e. The quantitative estimate of drug-likeness (QED) is 0.270. The van der Waals surface area contributed by atoms with E-state index in [4.69, 9.17) is 11.6 Å². The van der Waals surface area contributed by atoms with Gasteiger partial charge in [0.15, 0.2) is 0 Å². The third-order valence-electron chi connectivity index (χ3n) is 8.00. The molecule has 0 saturated carbocycles. The fourth-order valence-electron chi connectivity index (χ4n) is 6.15. The molecule has 0 radical (unpaired) electrons. The summed E-state index contributed by atoms with van der Waals surface area (Å²) in [7, 11) is 0. The molecule has 2 N–H and O–H groups in total. The van der Waals surface area contributed by atoms with E-state index in [1.807, 2.05) is 48.5 Å². The number of amides is 2. The van der Waals surface area contributed by atoms with Gasteiger partial charge in [0.1, 0.15) is 22.9 Å². The lowest BCUT2D eigenvalue weighted by Crippen LogP contribution is -2.33. The van der Waals surface area contributed by atoms with Crippen molar-refractivity contribution in [1.29, 1.82) is 0 Å². The summed E-state index contributed by atoms with van der Waals surface area (Å²) < 4.78 is 0. The van der Waals surface area contributed by atoms with Crippen LogP contribution in [0.1, 0.15) is 38.0 Å². The molecular formula is C32H24ClN3O4. The van der Waals surface area contributed by atoms with Crippen molar-refractivity contribution in [2.24, 2.45) is 0 Å². The number of carbonyl (C=O) groups excluding carboxylic acids is 2. The van der Waals surface area contributed by atoms with Crippen LogP contribution in [0.25, 0.3) is 21.5 Å². The zero-order valence-corrected chi connectivity index (χ0v) is 22.1. The van der Waals surface area contributed by atoms with Gasteiger partial charge in [-0.05, 0) is 40.5 Å². The highest BCUT2D eigenvalue weighted by Crippen LogP contribution is 2.45. The number of benzene rings is 4. The van der Waals surface area contributed by atoms with Gasteiger partial charge in [0.05, 0.1) is 11.4 Å². The van der Waals surface area contributed by atoms with E-state index in [-0.39, 0.29) is 40.6 Å². The van der Waals surface area contributed by atoms with Crippen molar-refractivity contribution in [3.05, 3.63) is 101 Å². The largest absolute Gasteiger partial charge is 0.507 e. The zero-order chi connectivity index (χ0) is 27.5. The highest BCUT2D eigenvalue weighted by atomic mass is 35.5. The Morgan fingerprint density at radius 3 is 2.02 bits per heavy atom. The number of fused-ring (bicyclic) bond motifs is 6. The normalized spacial score (nSPS) is 16.0. The molecule has 1 atom stereocenters. The molecule has 40 heavy (non-hydrogen) atoms. The van der Waals surface area contributed by atoms with Crippen LogP contribution in [0.2, 0.25) is 0 Å². The summed E-state index contributed by atoms with van der Waals surface area (Å²) in [5.41, 5.74) is 3.44. The van der Waals surface area contributed by atoms with E-state index in [1.54, 1.807) is 40.1 Å². The van der Waals surface area contributed by atoms with Gasteiger partial charge in [-0.15, -0.1) is 11.6 Å². The number of phenolic OH excluding ortho intramolecular Hbond substituents is 2. The van der Waals surface area contributed by atoms with Crippen LogP contribution in [0.15, 0.2) is 78.9 Å². The molecule has 1 aromatic heterocycles. The monoisotopic (exact) mass is 549 g/mol. The van der Waals surface area contributed by atoms with Crippen LogP contribution in [0.5, 0.6) is 11.5 Å². The maximum atomic E-state index is 13.8. The van der Waals surface area contributed by atoms with E-state index in [9.17, 15) is 19.8 Å². The topological polar surface area (TPSA) is 94.0 Å². The number of aromatic hydroxyl groups is 2. The molecule has 198 valence electrons. The van der Waals surface area contributed by atoms with E-state index < -0.39 is 0 Å². The standard InChI is InChI=1S/C32H24ClN3O4/c33-16-18-17-36(27-15-29(38)22-8-3-4-9-23(22)30(18)27)32(40)25-11-5-10-24(34-25)31(39)35-13-12-20-19-6-1-2-7-21(19)28(37)14-26(20)35/h1-11,14-15,18,37-38H,12-13,16-17H2. The number of pyridine rings is 1. The number of carbonyl (C=O) groups is 2. The maximum absolute atomic E-state index is 13.8. The van der Waals surface area contributed by atoms with Crippen molar-refractivity contribution in [2.75, 3.05) is 28.8 Å². The molecule has 0 bridgehead atoms. The Balaban J connectivity index is 1.24. The van der Waals surface area contributed by atoms with Crippen LogP contribution >= 0.6 is 11.6 Å². The van der Waals surface area contributed by atoms with Gasteiger partial charge in [0.25, 0.3) is 11.8 Å². The molecule has 0 aliphatic carbocycles. The van der Waals surface area contributed by atoms with Crippen molar-refractivity contribution in [3.63, 3.8) is 0 Å². The molecule has 4 aromatic carbocycles. The van der Waals surface area contributed by atoms with Crippen molar-refractivity contribution in [2.45, 2.75) is 12.3 Å². The molecule has 2 aliphatic rings. The number of phenols is 2. The van der Waals surface area contributed by atoms with Crippen molar-refractivity contribution in [3.8, 4) is 11.5 Å². The molecule has 0 saturated heterocycles. The van der Waals surface area contributed by atoms with Crippen molar-refractivity contribution in [1.82, 2.24) is 4.98 Å². The Morgan fingerprint density at radius 1 is 0.775 bits per heavy atom. The maximum Gasteiger partial charge on any atom is 0.276 e. The SMILES string of the molecule is O=C(c1cccc(C(=O)N2CC(CCl)c3c2cc(O)c2ccccc32)n1)N1CCc2c1cc(O)c1ccccc21. The average Bonchev–Trinajstić information content (AvgIpc) is 3.58. The number of hydrogen-bond acceptors (Lipinski definition) is 5. The molecule has 7 nitrogen and oxygen atoms in total. The first-order valence-corrected chi connectivity index (χ1v) is 13.6. The fraction of sp³-hybridized carbons (Fsp3) is 0.156. The lowest BCUT2D eigenvalue weighted by Gasteiger charge is -2.20. The molecule has 3 heterocycles. The molecule has 8 heteroatoms. The van der Waals surface area contributed by atoms with Crippen LogP contribution in [-0.4, -0.2) is 46.0 Å². The van der Waals surface area contributed by atoms with Gasteiger partial charge < -0.3 is 20.0 Å². The summed E-state index contributed by atoms with van der Waals surface area (Å²) >= 11 is 6.34. The summed E-state index contributed by atoms with van der Waals surface area (Å²) in [4.78, 5) is 35.1. The second kappa shape index (κ2) is 9.24. The Labute approximate surface area is 234 Å². The minimum absolute atomic E-state index is 0.0859. The lowest BCUT2D eigenvalue weighted by molar-refractivity contribution is 0.0980. The molecule has 7 rings (SSSR count). The molecule has 2 amide bonds. The summed E-state index contributed by atoms with van der Waals surface area (Å²) in [6.45, 7) is 0.793.